The molecule has 18 heavy (non-hydrogen) atoms. The molecule has 0 unspecified atom stereocenters. The third-order valence-corrected chi connectivity index (χ3v) is 2.78. The van der Waals surface area contributed by atoms with Crippen LogP contribution in [0, 0.1) is 0 Å². The zero-order chi connectivity index (χ0) is 12.6. The molecular weight excluding hydrogens is 220 g/mol. The molecule has 1 aromatic heterocycles. The van der Waals surface area contributed by atoms with Crippen LogP contribution in [0.2, 0.25) is 0 Å². The molecule has 0 spiro atoms. The lowest BCUT2D eigenvalue weighted by atomic mass is 10.2. The quantitative estimate of drug-likeness (QED) is 0.863. The van der Waals surface area contributed by atoms with Crippen LogP contribution >= 0.6 is 0 Å². The molecule has 2 aromatic rings. The third kappa shape index (κ3) is 3.82. The average Bonchev–Trinajstić information content (AvgIpc) is 2.45. The van der Waals surface area contributed by atoms with Crippen molar-refractivity contribution in [3.8, 4) is 0 Å². The first-order chi connectivity index (χ1) is 8.86. The number of rotatable bonds is 5. The monoisotopic (exact) mass is 238 g/mol. The van der Waals surface area contributed by atoms with Crippen LogP contribution in [0.15, 0.2) is 60.8 Å². The predicted octanol–water partition coefficient (Wildman–Crippen LogP) is 3.45. The van der Waals surface area contributed by atoms with E-state index in [1.54, 1.807) is 0 Å². The molecule has 2 nitrogen and oxygen atoms in total. The summed E-state index contributed by atoms with van der Waals surface area (Å²) in [6.45, 7) is 2.96. The van der Waals surface area contributed by atoms with Gasteiger partial charge in [-0.25, -0.2) is 0 Å². The minimum atomic E-state index is 0.270. The zero-order valence-electron chi connectivity index (χ0n) is 10.6. The van der Waals surface area contributed by atoms with Crippen LogP contribution < -0.4 is 5.32 Å². The summed E-state index contributed by atoms with van der Waals surface area (Å²) in [5.41, 5.74) is 2.30. The van der Waals surface area contributed by atoms with Crippen molar-refractivity contribution in [1.82, 2.24) is 10.3 Å². The van der Waals surface area contributed by atoms with Gasteiger partial charge in [0.1, 0.15) is 0 Å². The van der Waals surface area contributed by atoms with Gasteiger partial charge in [0.15, 0.2) is 0 Å². The highest BCUT2D eigenvalue weighted by Crippen LogP contribution is 2.07. The minimum absolute atomic E-state index is 0.270. The number of hydrogen-bond donors (Lipinski definition) is 1. The van der Waals surface area contributed by atoms with Crippen LogP contribution in [0.25, 0.3) is 6.08 Å². The number of benzene rings is 1. The van der Waals surface area contributed by atoms with Crippen molar-refractivity contribution in [1.29, 1.82) is 0 Å². The Morgan fingerprint density at radius 1 is 1.11 bits per heavy atom. The lowest BCUT2D eigenvalue weighted by Gasteiger charge is -2.10. The van der Waals surface area contributed by atoms with Gasteiger partial charge in [0.05, 0.1) is 5.69 Å². The molecule has 1 aromatic carbocycles. The summed E-state index contributed by atoms with van der Waals surface area (Å²) >= 11 is 0. The summed E-state index contributed by atoms with van der Waals surface area (Å²) in [7, 11) is 0. The normalized spacial score (nSPS) is 12.7. The highest BCUT2D eigenvalue weighted by Gasteiger charge is 2.02. The topological polar surface area (TPSA) is 24.9 Å². The van der Waals surface area contributed by atoms with E-state index >= 15 is 0 Å². The molecule has 0 saturated heterocycles. The van der Waals surface area contributed by atoms with Gasteiger partial charge in [0.25, 0.3) is 0 Å². The van der Waals surface area contributed by atoms with Gasteiger partial charge in [-0.3, -0.25) is 4.98 Å². The van der Waals surface area contributed by atoms with Crippen LogP contribution in [-0.2, 0) is 0 Å². The van der Waals surface area contributed by atoms with Crippen LogP contribution in [-0.4, -0.2) is 11.5 Å². The molecule has 0 radical (unpaired) electrons. The molecule has 0 bridgehead atoms. The first-order valence-electron chi connectivity index (χ1n) is 6.22. The molecule has 1 heterocycles. The second kappa shape index (κ2) is 6.72. The van der Waals surface area contributed by atoms with E-state index in [1.807, 2.05) is 42.6 Å². The average molecular weight is 238 g/mol. The van der Waals surface area contributed by atoms with Crippen LogP contribution in [0.1, 0.15) is 24.2 Å². The Labute approximate surface area is 108 Å². The van der Waals surface area contributed by atoms with E-state index in [2.05, 4.69) is 41.5 Å². The molecule has 0 saturated carbocycles. The van der Waals surface area contributed by atoms with E-state index in [9.17, 15) is 0 Å². The standard InChI is InChI=1S/C16H18N2/c1-14(16-11-5-6-12-18-16)17-13-7-10-15-8-3-2-4-9-15/h2-12,14,17H,13H2,1H3/b10-7+/t14-/m0/s1. The van der Waals surface area contributed by atoms with E-state index < -0.39 is 0 Å². The van der Waals surface area contributed by atoms with Crippen molar-refractivity contribution < 1.29 is 0 Å². The summed E-state index contributed by atoms with van der Waals surface area (Å²) in [5, 5.41) is 3.42. The van der Waals surface area contributed by atoms with E-state index in [-0.39, 0.29) is 6.04 Å². The summed E-state index contributed by atoms with van der Waals surface area (Å²) in [4.78, 5) is 4.33. The van der Waals surface area contributed by atoms with Gasteiger partial charge in [-0.1, -0.05) is 48.6 Å². The molecule has 0 aliphatic carbocycles. The molecule has 2 rings (SSSR count). The number of pyridine rings is 1. The Morgan fingerprint density at radius 3 is 2.61 bits per heavy atom. The van der Waals surface area contributed by atoms with Crippen molar-refractivity contribution in [2.75, 3.05) is 6.54 Å². The van der Waals surface area contributed by atoms with Crippen molar-refractivity contribution >= 4 is 6.08 Å². The Hall–Kier alpha value is -1.93. The minimum Gasteiger partial charge on any atom is -0.305 e. The van der Waals surface area contributed by atoms with Crippen LogP contribution in [0.5, 0.6) is 0 Å². The van der Waals surface area contributed by atoms with Gasteiger partial charge in [-0.05, 0) is 24.6 Å². The molecule has 0 amide bonds. The van der Waals surface area contributed by atoms with Gasteiger partial charge in [0.2, 0.25) is 0 Å². The molecule has 2 heteroatoms. The molecule has 0 fully saturated rings. The Bertz CT molecular complexity index is 477. The van der Waals surface area contributed by atoms with Crippen molar-refractivity contribution in [3.05, 3.63) is 72.1 Å². The van der Waals surface area contributed by atoms with E-state index in [0.29, 0.717) is 0 Å². The SMILES string of the molecule is C[C@H](NC/C=C/c1ccccc1)c1ccccn1. The number of nitrogens with zero attached hydrogens (tertiary/aromatic N) is 1. The zero-order valence-corrected chi connectivity index (χ0v) is 10.6. The Morgan fingerprint density at radius 2 is 1.89 bits per heavy atom. The molecule has 0 aliphatic heterocycles. The van der Waals surface area contributed by atoms with E-state index in [0.717, 1.165) is 12.2 Å². The maximum absolute atomic E-state index is 4.33. The largest absolute Gasteiger partial charge is 0.305 e. The van der Waals surface area contributed by atoms with Gasteiger partial charge in [-0.15, -0.1) is 0 Å². The van der Waals surface area contributed by atoms with Gasteiger partial charge in [0, 0.05) is 18.8 Å². The fraction of sp³-hybridized carbons (Fsp3) is 0.188. The number of nitrogens with one attached hydrogen (secondary N) is 1. The lowest BCUT2D eigenvalue weighted by Crippen LogP contribution is -2.19. The van der Waals surface area contributed by atoms with Crippen molar-refractivity contribution in [2.24, 2.45) is 0 Å². The fourth-order valence-corrected chi connectivity index (χ4v) is 1.74. The Kier molecular flexibility index (Phi) is 4.68. The van der Waals surface area contributed by atoms with Crippen molar-refractivity contribution in [3.63, 3.8) is 0 Å². The first kappa shape index (κ1) is 12.5. The highest BCUT2D eigenvalue weighted by molar-refractivity contribution is 5.48. The molecule has 1 N–H and O–H groups in total. The summed E-state index contributed by atoms with van der Waals surface area (Å²) in [6.07, 6.45) is 6.08. The third-order valence-electron chi connectivity index (χ3n) is 2.78. The molecule has 1 atom stereocenters. The molecular formula is C16H18N2. The van der Waals surface area contributed by atoms with E-state index in [4.69, 9.17) is 0 Å². The highest BCUT2D eigenvalue weighted by atomic mass is 14.9. The van der Waals surface area contributed by atoms with Crippen molar-refractivity contribution in [2.45, 2.75) is 13.0 Å². The maximum Gasteiger partial charge on any atom is 0.0570 e. The summed E-state index contributed by atoms with van der Waals surface area (Å²) in [5.74, 6) is 0. The fourth-order valence-electron chi connectivity index (χ4n) is 1.74. The predicted molar refractivity (Wildman–Crippen MR) is 76.1 cm³/mol. The lowest BCUT2D eigenvalue weighted by molar-refractivity contribution is 0.601. The molecule has 0 aliphatic rings. The van der Waals surface area contributed by atoms with Gasteiger partial charge < -0.3 is 5.32 Å². The van der Waals surface area contributed by atoms with Crippen LogP contribution in [0.4, 0.5) is 0 Å². The number of hydrogen-bond acceptors (Lipinski definition) is 2. The van der Waals surface area contributed by atoms with Crippen LogP contribution in [0.3, 0.4) is 0 Å². The maximum atomic E-state index is 4.33. The molecule has 92 valence electrons. The first-order valence-corrected chi connectivity index (χ1v) is 6.22. The van der Waals surface area contributed by atoms with E-state index in [1.165, 1.54) is 5.56 Å². The summed E-state index contributed by atoms with van der Waals surface area (Å²) in [6, 6.07) is 16.6. The second-order valence-corrected chi connectivity index (χ2v) is 4.20. The van der Waals surface area contributed by atoms with Gasteiger partial charge >= 0.3 is 0 Å². The van der Waals surface area contributed by atoms with Gasteiger partial charge in [-0.2, -0.15) is 0 Å². The number of aromatic nitrogens is 1. The Balaban J connectivity index is 1.81. The second-order valence-electron chi connectivity index (χ2n) is 4.20. The summed E-state index contributed by atoms with van der Waals surface area (Å²) < 4.78 is 0. The smallest absolute Gasteiger partial charge is 0.0570 e.